The molecule has 8 heteroatoms. The van der Waals surface area contributed by atoms with E-state index in [1.807, 2.05) is 55.2 Å². The fourth-order valence-electron chi connectivity index (χ4n) is 2.80. The van der Waals surface area contributed by atoms with Crippen molar-refractivity contribution in [2.45, 2.75) is 13.1 Å². The summed E-state index contributed by atoms with van der Waals surface area (Å²) in [6, 6.07) is 12.1. The van der Waals surface area contributed by atoms with Crippen LogP contribution in [0, 0.1) is 0 Å². The van der Waals surface area contributed by atoms with Crippen LogP contribution >= 0.6 is 24.0 Å². The number of pyridine rings is 1. The number of rotatable bonds is 5. The van der Waals surface area contributed by atoms with E-state index in [1.165, 1.54) is 5.56 Å². The summed E-state index contributed by atoms with van der Waals surface area (Å²) in [4.78, 5) is 13.1. The third kappa shape index (κ3) is 5.09. The molecule has 7 nitrogen and oxygen atoms in total. The van der Waals surface area contributed by atoms with Crippen molar-refractivity contribution >= 4 is 46.7 Å². The summed E-state index contributed by atoms with van der Waals surface area (Å²) < 4.78 is 4.89. The van der Waals surface area contributed by atoms with Gasteiger partial charge in [-0.15, -0.1) is 24.0 Å². The Bertz CT molecular complexity index is 894. The Morgan fingerprint density at radius 3 is 2.63 bits per heavy atom. The van der Waals surface area contributed by atoms with Crippen LogP contribution in [0.4, 0.5) is 5.82 Å². The monoisotopic (exact) mass is 480 g/mol. The Morgan fingerprint density at radius 2 is 1.96 bits per heavy atom. The van der Waals surface area contributed by atoms with Crippen LogP contribution in [0.1, 0.15) is 11.3 Å². The van der Waals surface area contributed by atoms with Crippen LogP contribution in [-0.4, -0.2) is 49.2 Å². The maximum Gasteiger partial charge on any atom is 0.194 e. The van der Waals surface area contributed by atoms with Crippen molar-refractivity contribution in [2.75, 3.05) is 33.1 Å². The van der Waals surface area contributed by atoms with Gasteiger partial charge in [0.25, 0.3) is 0 Å². The first kappa shape index (κ1) is 20.9. The Kier molecular flexibility index (Phi) is 7.40. The van der Waals surface area contributed by atoms with Crippen molar-refractivity contribution in [1.82, 2.24) is 20.4 Å². The minimum absolute atomic E-state index is 0. The molecule has 0 atom stereocenters. The Hall–Kier alpha value is -2.36. The van der Waals surface area contributed by atoms with Gasteiger partial charge in [-0.25, -0.2) is 4.98 Å². The van der Waals surface area contributed by atoms with Crippen molar-refractivity contribution in [2.24, 2.45) is 4.99 Å². The third-order valence-corrected chi connectivity index (χ3v) is 4.15. The minimum Gasteiger partial charge on any atom is -0.364 e. The van der Waals surface area contributed by atoms with E-state index < -0.39 is 0 Å². The molecular formula is C19H25IN6O. The van der Waals surface area contributed by atoms with E-state index in [2.05, 4.69) is 27.6 Å². The summed E-state index contributed by atoms with van der Waals surface area (Å²) in [7, 11) is 7.75. The normalized spacial score (nSPS) is 11.2. The van der Waals surface area contributed by atoms with Crippen LogP contribution in [-0.2, 0) is 13.1 Å². The summed E-state index contributed by atoms with van der Waals surface area (Å²) in [5, 5.41) is 8.52. The summed E-state index contributed by atoms with van der Waals surface area (Å²) in [6.45, 7) is 1.27. The molecule has 0 aliphatic rings. The highest BCUT2D eigenvalue weighted by Gasteiger charge is 2.11. The predicted molar refractivity (Wildman–Crippen MR) is 120 cm³/mol. The molecule has 0 saturated heterocycles. The van der Waals surface area contributed by atoms with Crippen LogP contribution < -0.4 is 10.2 Å². The third-order valence-electron chi connectivity index (χ3n) is 4.15. The second kappa shape index (κ2) is 9.54. The van der Waals surface area contributed by atoms with E-state index in [1.54, 1.807) is 13.3 Å². The Balaban J connectivity index is 0.00000261. The van der Waals surface area contributed by atoms with Gasteiger partial charge in [-0.05, 0) is 17.7 Å². The number of guanidine groups is 1. The minimum atomic E-state index is 0. The lowest BCUT2D eigenvalue weighted by Crippen LogP contribution is -2.38. The van der Waals surface area contributed by atoms with E-state index in [0.29, 0.717) is 13.1 Å². The largest absolute Gasteiger partial charge is 0.364 e. The molecule has 27 heavy (non-hydrogen) atoms. The quantitative estimate of drug-likeness (QED) is 0.344. The average molecular weight is 480 g/mol. The van der Waals surface area contributed by atoms with Gasteiger partial charge in [-0.1, -0.05) is 23.4 Å². The second-order valence-electron chi connectivity index (χ2n) is 6.30. The number of para-hydroxylation sites is 1. The van der Waals surface area contributed by atoms with Crippen molar-refractivity contribution in [3.63, 3.8) is 0 Å². The molecule has 3 aromatic rings. The smallest absolute Gasteiger partial charge is 0.194 e. The Morgan fingerprint density at radius 1 is 1.19 bits per heavy atom. The summed E-state index contributed by atoms with van der Waals surface area (Å²) in [5.74, 6) is 1.73. The first-order valence-electron chi connectivity index (χ1n) is 8.45. The van der Waals surface area contributed by atoms with Gasteiger partial charge < -0.3 is 19.6 Å². The molecule has 0 spiro atoms. The number of benzene rings is 1. The average Bonchev–Trinajstić information content (AvgIpc) is 3.14. The van der Waals surface area contributed by atoms with E-state index in [0.717, 1.165) is 28.4 Å². The number of aliphatic imine (C=N–C) groups is 1. The Labute approximate surface area is 176 Å². The van der Waals surface area contributed by atoms with Crippen molar-refractivity contribution in [1.29, 1.82) is 0 Å². The molecule has 0 amide bonds. The van der Waals surface area contributed by atoms with Crippen molar-refractivity contribution in [3.05, 3.63) is 53.9 Å². The molecule has 2 heterocycles. The first-order chi connectivity index (χ1) is 12.6. The highest BCUT2D eigenvalue weighted by molar-refractivity contribution is 14.0. The van der Waals surface area contributed by atoms with Crippen LogP contribution in [0.25, 0.3) is 10.9 Å². The van der Waals surface area contributed by atoms with Crippen molar-refractivity contribution < 1.29 is 4.52 Å². The van der Waals surface area contributed by atoms with Gasteiger partial charge in [0, 0.05) is 46.2 Å². The molecule has 0 bridgehead atoms. The number of aromatic nitrogens is 2. The number of anilines is 1. The van der Waals surface area contributed by atoms with Crippen LogP contribution in [0.15, 0.2) is 52.2 Å². The number of halogens is 1. The van der Waals surface area contributed by atoms with Gasteiger partial charge in [0.05, 0.1) is 12.1 Å². The summed E-state index contributed by atoms with van der Waals surface area (Å²) in [5.41, 5.74) is 3.02. The molecule has 144 valence electrons. The molecule has 1 aromatic carbocycles. The lowest BCUT2D eigenvalue weighted by molar-refractivity contribution is 0.391. The lowest BCUT2D eigenvalue weighted by atomic mass is 10.1. The summed E-state index contributed by atoms with van der Waals surface area (Å²) >= 11 is 0. The van der Waals surface area contributed by atoms with Gasteiger partial charge >= 0.3 is 0 Å². The summed E-state index contributed by atoms with van der Waals surface area (Å²) in [6.07, 6.45) is 1.57. The van der Waals surface area contributed by atoms with E-state index in [-0.39, 0.29) is 24.0 Å². The van der Waals surface area contributed by atoms with Gasteiger partial charge in [0.1, 0.15) is 17.8 Å². The lowest BCUT2D eigenvalue weighted by Gasteiger charge is -2.22. The zero-order valence-corrected chi connectivity index (χ0v) is 18.3. The highest BCUT2D eigenvalue weighted by atomic mass is 127. The zero-order chi connectivity index (χ0) is 18.5. The van der Waals surface area contributed by atoms with Gasteiger partial charge in [-0.3, -0.25) is 4.99 Å². The fourth-order valence-corrected chi connectivity index (χ4v) is 2.80. The molecule has 3 rings (SSSR count). The first-order valence-corrected chi connectivity index (χ1v) is 8.45. The number of fused-ring (bicyclic) bond motifs is 1. The van der Waals surface area contributed by atoms with Crippen LogP contribution in [0.2, 0.25) is 0 Å². The van der Waals surface area contributed by atoms with Crippen LogP contribution in [0.5, 0.6) is 0 Å². The van der Waals surface area contributed by atoms with Crippen molar-refractivity contribution in [3.8, 4) is 0 Å². The number of hydrogen-bond acceptors (Lipinski definition) is 5. The predicted octanol–water partition coefficient (Wildman–Crippen LogP) is 3.11. The molecule has 0 saturated carbocycles. The molecule has 0 radical (unpaired) electrons. The zero-order valence-electron chi connectivity index (χ0n) is 16.0. The van der Waals surface area contributed by atoms with E-state index in [9.17, 15) is 0 Å². The number of nitrogens with zero attached hydrogens (tertiary/aromatic N) is 5. The number of hydrogen-bond donors (Lipinski definition) is 1. The maximum absolute atomic E-state index is 4.89. The van der Waals surface area contributed by atoms with Crippen LogP contribution in [0.3, 0.4) is 0 Å². The molecule has 1 N–H and O–H groups in total. The van der Waals surface area contributed by atoms with Gasteiger partial charge in [0.2, 0.25) is 0 Å². The van der Waals surface area contributed by atoms with Gasteiger partial charge in [-0.2, -0.15) is 0 Å². The number of nitrogens with one attached hydrogen (secondary N) is 1. The maximum atomic E-state index is 4.89. The molecule has 2 aromatic heterocycles. The SMILES string of the molecule is CN=C(NCc1cc(N(C)C)nc2ccccc12)N(C)Cc1ccon1.I. The standard InChI is InChI=1S/C19H24N6O.HI/c1-20-19(25(4)13-15-9-10-26-23-15)21-12-14-11-18(24(2)3)22-17-8-6-5-7-16(14)17;/h5-11H,12-13H2,1-4H3,(H,20,21);1H. The van der Waals surface area contributed by atoms with E-state index >= 15 is 0 Å². The molecule has 0 fully saturated rings. The van der Waals surface area contributed by atoms with Gasteiger partial charge in [0.15, 0.2) is 5.96 Å². The molecule has 0 aliphatic heterocycles. The second-order valence-corrected chi connectivity index (χ2v) is 6.30. The molecular weight excluding hydrogens is 455 g/mol. The fraction of sp³-hybridized carbons (Fsp3) is 0.316. The van der Waals surface area contributed by atoms with E-state index in [4.69, 9.17) is 9.51 Å². The molecule has 0 unspecified atom stereocenters. The topological polar surface area (TPSA) is 69.8 Å². The highest BCUT2D eigenvalue weighted by Crippen LogP contribution is 2.22. The molecule has 0 aliphatic carbocycles.